The van der Waals surface area contributed by atoms with Gasteiger partial charge in [0.05, 0.1) is 9.82 Å². The maximum Gasteiger partial charge on any atom is 0.306 e. The first kappa shape index (κ1) is 21.8. The Hall–Kier alpha value is -2.85. The Morgan fingerprint density at radius 3 is 2.47 bits per heavy atom. The van der Waals surface area contributed by atoms with Crippen LogP contribution in [0, 0.1) is 27.8 Å². The molecular weight excluding hydrogens is 413 g/mol. The molecule has 2 unspecified atom stereocenters. The fourth-order valence-corrected chi connectivity index (χ4v) is 5.41. The summed E-state index contributed by atoms with van der Waals surface area (Å²) in [7, 11) is -3.77. The maximum atomic E-state index is 13.5. The van der Waals surface area contributed by atoms with E-state index in [1.165, 1.54) is 34.6 Å². The molecule has 2 atom stereocenters. The van der Waals surface area contributed by atoms with E-state index in [0.717, 1.165) is 18.6 Å². The standard InChI is InChI=1S/C20H22FN3O5S/c1-13-8-14(2)12-23(11-13)30(28,29)17-5-3-4-15(9-17)20(25)22-16-6-7-18(21)19(10-16)24(26)27/h3-7,9-10,13-14H,8,11-12H2,1-2H3,(H,22,25). The monoisotopic (exact) mass is 435 g/mol. The number of nitro groups is 1. The van der Waals surface area contributed by atoms with Crippen LogP contribution in [0.5, 0.6) is 0 Å². The maximum absolute atomic E-state index is 13.5. The van der Waals surface area contributed by atoms with Crippen LogP contribution in [-0.2, 0) is 10.0 Å². The van der Waals surface area contributed by atoms with Crippen molar-refractivity contribution in [1.29, 1.82) is 0 Å². The highest BCUT2D eigenvalue weighted by Gasteiger charge is 2.32. The smallest absolute Gasteiger partial charge is 0.306 e. The molecular formula is C20H22FN3O5S. The zero-order valence-electron chi connectivity index (χ0n) is 16.5. The van der Waals surface area contributed by atoms with E-state index in [0.29, 0.717) is 13.1 Å². The Balaban J connectivity index is 1.84. The van der Waals surface area contributed by atoms with E-state index in [9.17, 15) is 27.7 Å². The average molecular weight is 435 g/mol. The molecule has 0 saturated carbocycles. The molecule has 0 aliphatic carbocycles. The molecule has 30 heavy (non-hydrogen) atoms. The average Bonchev–Trinajstić information content (AvgIpc) is 2.68. The van der Waals surface area contributed by atoms with Crippen LogP contribution in [0.4, 0.5) is 15.8 Å². The summed E-state index contributed by atoms with van der Waals surface area (Å²) in [6, 6.07) is 8.58. The number of amides is 1. The van der Waals surface area contributed by atoms with Crippen LogP contribution in [0.3, 0.4) is 0 Å². The van der Waals surface area contributed by atoms with Gasteiger partial charge in [0.25, 0.3) is 5.91 Å². The molecule has 1 aliphatic heterocycles. The third-order valence-electron chi connectivity index (χ3n) is 4.97. The van der Waals surface area contributed by atoms with Crippen molar-refractivity contribution in [2.75, 3.05) is 18.4 Å². The van der Waals surface area contributed by atoms with Crippen LogP contribution >= 0.6 is 0 Å². The minimum atomic E-state index is -3.77. The van der Waals surface area contributed by atoms with Crippen LogP contribution < -0.4 is 5.32 Å². The van der Waals surface area contributed by atoms with Crippen molar-refractivity contribution in [2.45, 2.75) is 25.2 Å². The van der Waals surface area contributed by atoms with E-state index in [4.69, 9.17) is 0 Å². The number of rotatable bonds is 5. The number of halogens is 1. The number of hydrogen-bond acceptors (Lipinski definition) is 5. The molecule has 0 aromatic heterocycles. The highest BCUT2D eigenvalue weighted by atomic mass is 32.2. The minimum Gasteiger partial charge on any atom is -0.322 e. The third-order valence-corrected chi connectivity index (χ3v) is 6.80. The predicted molar refractivity (Wildman–Crippen MR) is 109 cm³/mol. The SMILES string of the molecule is CC1CC(C)CN(S(=O)(=O)c2cccc(C(=O)Nc3ccc(F)c([N+](=O)[O-])c3)c2)C1. The zero-order chi connectivity index (χ0) is 22.1. The Morgan fingerprint density at radius 1 is 1.17 bits per heavy atom. The molecule has 0 radical (unpaired) electrons. The lowest BCUT2D eigenvalue weighted by molar-refractivity contribution is -0.387. The summed E-state index contributed by atoms with van der Waals surface area (Å²) in [4.78, 5) is 22.5. The topological polar surface area (TPSA) is 110 Å². The van der Waals surface area contributed by atoms with Crippen molar-refractivity contribution < 1.29 is 22.5 Å². The Bertz CT molecular complexity index is 1080. The summed E-state index contributed by atoms with van der Waals surface area (Å²) in [6.07, 6.45) is 0.957. The van der Waals surface area contributed by atoms with Gasteiger partial charge in [-0.25, -0.2) is 8.42 Å². The Kier molecular flexibility index (Phi) is 6.18. The molecule has 0 bridgehead atoms. The van der Waals surface area contributed by atoms with Crippen molar-refractivity contribution in [3.8, 4) is 0 Å². The van der Waals surface area contributed by atoms with Gasteiger partial charge in [-0.15, -0.1) is 0 Å². The number of nitrogens with zero attached hydrogens (tertiary/aromatic N) is 2. The van der Waals surface area contributed by atoms with Crippen LogP contribution in [0.1, 0.15) is 30.6 Å². The fourth-order valence-electron chi connectivity index (χ4n) is 3.68. The number of benzene rings is 2. The van der Waals surface area contributed by atoms with Gasteiger partial charge in [0, 0.05) is 30.4 Å². The molecule has 2 aromatic carbocycles. The van der Waals surface area contributed by atoms with Crippen LogP contribution in [0.25, 0.3) is 0 Å². The largest absolute Gasteiger partial charge is 0.322 e. The van der Waals surface area contributed by atoms with Gasteiger partial charge in [-0.05, 0) is 48.6 Å². The second-order valence-corrected chi connectivity index (χ2v) is 9.61. The lowest BCUT2D eigenvalue weighted by atomic mass is 9.94. The van der Waals surface area contributed by atoms with E-state index >= 15 is 0 Å². The second kappa shape index (κ2) is 8.49. The molecule has 0 spiro atoms. The van der Waals surface area contributed by atoms with Crippen molar-refractivity contribution in [3.63, 3.8) is 0 Å². The van der Waals surface area contributed by atoms with E-state index < -0.39 is 32.4 Å². The van der Waals surface area contributed by atoms with Gasteiger partial charge in [-0.1, -0.05) is 19.9 Å². The van der Waals surface area contributed by atoms with Crippen LogP contribution in [0.15, 0.2) is 47.4 Å². The summed E-state index contributed by atoms with van der Waals surface area (Å²) >= 11 is 0. The molecule has 160 valence electrons. The van der Waals surface area contributed by atoms with Crippen molar-refractivity contribution in [2.24, 2.45) is 11.8 Å². The summed E-state index contributed by atoms with van der Waals surface area (Å²) < 4.78 is 41.0. The summed E-state index contributed by atoms with van der Waals surface area (Å²) in [5, 5.41) is 13.3. The molecule has 1 heterocycles. The number of sulfonamides is 1. The van der Waals surface area contributed by atoms with Crippen molar-refractivity contribution in [3.05, 3.63) is 64.0 Å². The Labute approximate surface area is 173 Å². The van der Waals surface area contributed by atoms with E-state index in [2.05, 4.69) is 5.32 Å². The molecule has 1 amide bonds. The molecule has 2 aromatic rings. The molecule has 3 rings (SSSR count). The van der Waals surface area contributed by atoms with Gasteiger partial charge in [0.15, 0.2) is 0 Å². The normalized spacial score (nSPS) is 20.0. The third kappa shape index (κ3) is 4.65. The van der Waals surface area contributed by atoms with E-state index in [-0.39, 0.29) is 28.0 Å². The summed E-state index contributed by atoms with van der Waals surface area (Å²) in [5.74, 6) is -1.20. The number of nitro benzene ring substituents is 1. The van der Waals surface area contributed by atoms with Crippen molar-refractivity contribution >= 4 is 27.3 Å². The van der Waals surface area contributed by atoms with E-state index in [1.807, 2.05) is 13.8 Å². The highest BCUT2D eigenvalue weighted by molar-refractivity contribution is 7.89. The number of anilines is 1. The van der Waals surface area contributed by atoms with Gasteiger partial charge in [0.1, 0.15) is 0 Å². The van der Waals surface area contributed by atoms with Gasteiger partial charge in [0.2, 0.25) is 15.8 Å². The van der Waals surface area contributed by atoms with Crippen LogP contribution in [0.2, 0.25) is 0 Å². The quantitative estimate of drug-likeness (QED) is 0.569. The van der Waals surface area contributed by atoms with Gasteiger partial charge in [-0.2, -0.15) is 8.70 Å². The van der Waals surface area contributed by atoms with Crippen LogP contribution in [-0.4, -0.2) is 36.6 Å². The zero-order valence-corrected chi connectivity index (χ0v) is 17.4. The predicted octanol–water partition coefficient (Wildman–Crippen LogP) is 3.65. The number of hydrogen-bond donors (Lipinski definition) is 1. The lowest BCUT2D eigenvalue weighted by Crippen LogP contribution is -2.42. The van der Waals surface area contributed by atoms with Crippen molar-refractivity contribution in [1.82, 2.24) is 4.31 Å². The van der Waals surface area contributed by atoms with E-state index in [1.54, 1.807) is 0 Å². The first-order valence-electron chi connectivity index (χ1n) is 9.43. The first-order chi connectivity index (χ1) is 14.1. The first-order valence-corrected chi connectivity index (χ1v) is 10.9. The minimum absolute atomic E-state index is 0.00142. The molecule has 1 saturated heterocycles. The number of carbonyl (C=O) groups excluding carboxylic acids is 1. The highest BCUT2D eigenvalue weighted by Crippen LogP contribution is 2.27. The Morgan fingerprint density at radius 2 is 1.83 bits per heavy atom. The van der Waals surface area contributed by atoms with Gasteiger partial charge in [-0.3, -0.25) is 14.9 Å². The van der Waals surface area contributed by atoms with Gasteiger partial charge < -0.3 is 5.32 Å². The number of piperidine rings is 1. The second-order valence-electron chi connectivity index (χ2n) is 7.67. The molecule has 1 aliphatic rings. The molecule has 1 N–H and O–H groups in total. The molecule has 10 heteroatoms. The molecule has 1 fully saturated rings. The summed E-state index contributed by atoms with van der Waals surface area (Å²) in [6.45, 7) is 4.85. The number of nitrogens with one attached hydrogen (secondary N) is 1. The fraction of sp³-hybridized carbons (Fsp3) is 0.350. The number of carbonyl (C=O) groups is 1. The summed E-state index contributed by atoms with van der Waals surface area (Å²) in [5.41, 5.74) is -0.668. The molecule has 8 nitrogen and oxygen atoms in total. The van der Waals surface area contributed by atoms with Gasteiger partial charge >= 0.3 is 5.69 Å². The lowest BCUT2D eigenvalue weighted by Gasteiger charge is -2.34.